The van der Waals surface area contributed by atoms with Crippen LogP contribution in [0.3, 0.4) is 0 Å². The zero-order valence-corrected chi connectivity index (χ0v) is 8.29. The highest BCUT2D eigenvalue weighted by Crippen LogP contribution is 2.48. The van der Waals surface area contributed by atoms with Crippen molar-refractivity contribution in [3.63, 3.8) is 0 Å². The van der Waals surface area contributed by atoms with Gasteiger partial charge >= 0.3 is 0 Å². The summed E-state index contributed by atoms with van der Waals surface area (Å²) in [5, 5.41) is 0.950. The average Bonchev–Trinajstić information content (AvgIpc) is 2.91. The van der Waals surface area contributed by atoms with Crippen molar-refractivity contribution in [1.82, 2.24) is 0 Å². The van der Waals surface area contributed by atoms with Crippen molar-refractivity contribution in [2.75, 3.05) is 6.54 Å². The molecule has 0 saturated heterocycles. The second kappa shape index (κ2) is 2.83. The van der Waals surface area contributed by atoms with Crippen molar-refractivity contribution in [2.24, 2.45) is 5.73 Å². The topological polar surface area (TPSA) is 39.2 Å². The SMILES string of the molecule is NCC1(c2cc3ccoc3cc2F)CC1. The van der Waals surface area contributed by atoms with Gasteiger partial charge in [-0.05, 0) is 30.5 Å². The second-order valence-electron chi connectivity index (χ2n) is 4.27. The molecule has 1 aromatic carbocycles. The zero-order chi connectivity index (χ0) is 10.5. The Morgan fingerprint density at radius 2 is 2.20 bits per heavy atom. The van der Waals surface area contributed by atoms with Gasteiger partial charge in [0.1, 0.15) is 11.4 Å². The Kier molecular flexibility index (Phi) is 1.68. The standard InChI is InChI=1S/C12H12FNO/c13-10-6-11-8(1-4-15-11)5-9(10)12(7-14)2-3-12/h1,4-6H,2-3,7,14H2. The maximum Gasteiger partial charge on any atom is 0.136 e. The van der Waals surface area contributed by atoms with Crippen LogP contribution in [-0.2, 0) is 5.41 Å². The van der Waals surface area contributed by atoms with E-state index < -0.39 is 0 Å². The molecule has 1 aliphatic carbocycles. The molecule has 1 aromatic heterocycles. The van der Waals surface area contributed by atoms with Gasteiger partial charge in [-0.25, -0.2) is 4.39 Å². The van der Waals surface area contributed by atoms with Crippen LogP contribution in [0.5, 0.6) is 0 Å². The van der Waals surface area contributed by atoms with Crippen molar-refractivity contribution < 1.29 is 8.81 Å². The monoisotopic (exact) mass is 205 g/mol. The molecule has 0 aliphatic heterocycles. The number of nitrogens with two attached hydrogens (primary N) is 1. The van der Waals surface area contributed by atoms with Crippen molar-refractivity contribution in [3.8, 4) is 0 Å². The van der Waals surface area contributed by atoms with E-state index in [1.165, 1.54) is 6.07 Å². The van der Waals surface area contributed by atoms with E-state index in [9.17, 15) is 4.39 Å². The van der Waals surface area contributed by atoms with Gasteiger partial charge in [0, 0.05) is 23.4 Å². The van der Waals surface area contributed by atoms with Gasteiger partial charge in [0.25, 0.3) is 0 Å². The first-order valence-corrected chi connectivity index (χ1v) is 5.12. The molecule has 1 heterocycles. The number of hydrogen-bond donors (Lipinski definition) is 1. The van der Waals surface area contributed by atoms with Crippen LogP contribution >= 0.6 is 0 Å². The van der Waals surface area contributed by atoms with Crippen LogP contribution in [0, 0.1) is 5.82 Å². The van der Waals surface area contributed by atoms with Crippen molar-refractivity contribution in [3.05, 3.63) is 35.8 Å². The normalized spacial score (nSPS) is 18.3. The molecule has 2 N–H and O–H groups in total. The number of fused-ring (bicyclic) bond motifs is 1. The molecule has 1 fully saturated rings. The molecule has 2 aromatic rings. The van der Waals surface area contributed by atoms with Crippen molar-refractivity contribution >= 4 is 11.0 Å². The van der Waals surface area contributed by atoms with E-state index in [1.54, 1.807) is 6.26 Å². The van der Waals surface area contributed by atoms with E-state index in [2.05, 4.69) is 0 Å². The Labute approximate surface area is 86.9 Å². The first-order chi connectivity index (χ1) is 7.25. The third-order valence-corrected chi connectivity index (χ3v) is 3.36. The van der Waals surface area contributed by atoms with Crippen LogP contribution in [0.4, 0.5) is 4.39 Å². The Morgan fingerprint density at radius 3 is 2.87 bits per heavy atom. The van der Waals surface area contributed by atoms with Gasteiger partial charge < -0.3 is 10.2 Å². The molecule has 2 nitrogen and oxygen atoms in total. The predicted molar refractivity (Wildman–Crippen MR) is 56.1 cm³/mol. The van der Waals surface area contributed by atoms with Crippen LogP contribution in [0.15, 0.2) is 28.9 Å². The van der Waals surface area contributed by atoms with Crippen LogP contribution in [0.2, 0.25) is 0 Å². The maximum absolute atomic E-state index is 13.8. The molecule has 0 spiro atoms. The molecule has 0 radical (unpaired) electrons. The minimum Gasteiger partial charge on any atom is -0.464 e. The fourth-order valence-electron chi connectivity index (χ4n) is 2.13. The van der Waals surface area contributed by atoms with E-state index in [4.69, 9.17) is 10.2 Å². The highest BCUT2D eigenvalue weighted by atomic mass is 19.1. The van der Waals surface area contributed by atoms with Gasteiger partial charge in [-0.3, -0.25) is 0 Å². The molecule has 0 bridgehead atoms. The number of halogens is 1. The van der Waals surface area contributed by atoms with E-state index in [1.807, 2.05) is 12.1 Å². The summed E-state index contributed by atoms with van der Waals surface area (Å²) in [5.74, 6) is -0.194. The molecule has 3 rings (SSSR count). The lowest BCUT2D eigenvalue weighted by Crippen LogP contribution is -2.20. The molecule has 0 atom stereocenters. The number of benzene rings is 1. The van der Waals surface area contributed by atoms with Gasteiger partial charge in [0.2, 0.25) is 0 Å². The lowest BCUT2D eigenvalue weighted by atomic mass is 9.94. The maximum atomic E-state index is 13.8. The summed E-state index contributed by atoms with van der Waals surface area (Å²) in [5.41, 5.74) is 6.95. The van der Waals surface area contributed by atoms with Crippen LogP contribution in [0.25, 0.3) is 11.0 Å². The molecular formula is C12H12FNO. The zero-order valence-electron chi connectivity index (χ0n) is 8.29. The number of furan rings is 1. The average molecular weight is 205 g/mol. The fraction of sp³-hybridized carbons (Fsp3) is 0.333. The van der Waals surface area contributed by atoms with Gasteiger partial charge in [-0.15, -0.1) is 0 Å². The predicted octanol–water partition coefficient (Wildman–Crippen LogP) is 2.56. The van der Waals surface area contributed by atoms with Gasteiger partial charge in [0.05, 0.1) is 6.26 Å². The van der Waals surface area contributed by atoms with Crippen molar-refractivity contribution in [2.45, 2.75) is 18.3 Å². The van der Waals surface area contributed by atoms with Gasteiger partial charge in [0.15, 0.2) is 0 Å². The Hall–Kier alpha value is -1.35. The molecule has 15 heavy (non-hydrogen) atoms. The number of hydrogen-bond acceptors (Lipinski definition) is 2. The highest BCUT2D eigenvalue weighted by Gasteiger charge is 2.44. The first kappa shape index (κ1) is 8.92. The molecular weight excluding hydrogens is 193 g/mol. The summed E-state index contributed by atoms with van der Waals surface area (Å²) >= 11 is 0. The molecule has 78 valence electrons. The molecule has 0 unspecified atom stereocenters. The van der Waals surface area contributed by atoms with Crippen LogP contribution < -0.4 is 5.73 Å². The second-order valence-corrected chi connectivity index (χ2v) is 4.27. The summed E-state index contributed by atoms with van der Waals surface area (Å²) in [6.45, 7) is 0.521. The lowest BCUT2D eigenvalue weighted by Gasteiger charge is -2.13. The first-order valence-electron chi connectivity index (χ1n) is 5.12. The Balaban J connectivity index is 2.21. The molecule has 1 aliphatic rings. The molecule has 3 heteroatoms. The van der Waals surface area contributed by atoms with Gasteiger partial charge in [-0.2, -0.15) is 0 Å². The lowest BCUT2D eigenvalue weighted by molar-refractivity contribution is 0.566. The van der Waals surface area contributed by atoms with Crippen LogP contribution in [0.1, 0.15) is 18.4 Å². The Morgan fingerprint density at radius 1 is 1.40 bits per heavy atom. The number of rotatable bonds is 2. The van der Waals surface area contributed by atoms with E-state index in [0.29, 0.717) is 12.1 Å². The fourth-order valence-corrected chi connectivity index (χ4v) is 2.13. The third-order valence-electron chi connectivity index (χ3n) is 3.36. The molecule has 1 saturated carbocycles. The minimum atomic E-state index is -0.194. The smallest absolute Gasteiger partial charge is 0.136 e. The van der Waals surface area contributed by atoms with E-state index >= 15 is 0 Å². The summed E-state index contributed by atoms with van der Waals surface area (Å²) in [6.07, 6.45) is 3.56. The van der Waals surface area contributed by atoms with Gasteiger partial charge in [-0.1, -0.05) is 0 Å². The van der Waals surface area contributed by atoms with E-state index in [-0.39, 0.29) is 11.2 Å². The molecule has 0 amide bonds. The highest BCUT2D eigenvalue weighted by molar-refractivity contribution is 5.78. The summed E-state index contributed by atoms with van der Waals surface area (Å²) < 4.78 is 19.0. The van der Waals surface area contributed by atoms with Crippen LogP contribution in [-0.4, -0.2) is 6.54 Å². The summed E-state index contributed by atoms with van der Waals surface area (Å²) in [4.78, 5) is 0. The largest absolute Gasteiger partial charge is 0.464 e. The Bertz CT molecular complexity index is 513. The van der Waals surface area contributed by atoms with E-state index in [0.717, 1.165) is 23.8 Å². The minimum absolute atomic E-state index is 0.102. The van der Waals surface area contributed by atoms with Crippen molar-refractivity contribution in [1.29, 1.82) is 0 Å². The summed E-state index contributed by atoms with van der Waals surface area (Å²) in [7, 11) is 0. The quantitative estimate of drug-likeness (QED) is 0.818. The third kappa shape index (κ3) is 1.20. The summed E-state index contributed by atoms with van der Waals surface area (Å²) in [6, 6.07) is 5.18.